The van der Waals surface area contributed by atoms with Gasteiger partial charge in [0.25, 0.3) is 0 Å². The van der Waals surface area contributed by atoms with Gasteiger partial charge in [0.2, 0.25) is 5.91 Å². The van der Waals surface area contributed by atoms with Gasteiger partial charge < -0.3 is 10.1 Å². The Morgan fingerprint density at radius 2 is 1.91 bits per heavy atom. The van der Waals surface area contributed by atoms with Crippen LogP contribution in [0.4, 0.5) is 5.69 Å². The zero-order valence-corrected chi connectivity index (χ0v) is 14.7. The van der Waals surface area contributed by atoms with E-state index in [9.17, 15) is 4.79 Å². The summed E-state index contributed by atoms with van der Waals surface area (Å²) in [6, 6.07) is 15.2. The Morgan fingerprint density at radius 3 is 2.61 bits per heavy atom. The number of carbonyl (C=O) groups excluding carboxylic acids is 1. The highest BCUT2D eigenvalue weighted by molar-refractivity contribution is 9.10. The molecule has 1 N–H and O–H groups in total. The molecule has 0 spiro atoms. The van der Waals surface area contributed by atoms with Crippen molar-refractivity contribution < 1.29 is 9.53 Å². The van der Waals surface area contributed by atoms with E-state index in [1.165, 1.54) is 6.08 Å². The molecule has 1 amide bonds. The lowest BCUT2D eigenvalue weighted by molar-refractivity contribution is -0.111. The quantitative estimate of drug-likeness (QED) is 0.529. The lowest BCUT2D eigenvalue weighted by Crippen LogP contribution is -2.07. The van der Waals surface area contributed by atoms with Crippen molar-refractivity contribution in [2.75, 3.05) is 11.9 Å². The zero-order chi connectivity index (χ0) is 16.5. The third kappa shape index (κ3) is 5.91. The van der Waals surface area contributed by atoms with Crippen LogP contribution in [0.25, 0.3) is 6.08 Å². The number of halogens is 1. The van der Waals surface area contributed by atoms with Crippen LogP contribution in [0.2, 0.25) is 0 Å². The van der Waals surface area contributed by atoms with E-state index in [-0.39, 0.29) is 5.91 Å². The molecule has 0 aliphatic rings. The summed E-state index contributed by atoms with van der Waals surface area (Å²) in [6.07, 6.45) is 5.47. The van der Waals surface area contributed by atoms with Gasteiger partial charge in [0.1, 0.15) is 5.75 Å². The number of ether oxygens (including phenoxy) is 1. The molecule has 0 heterocycles. The Bertz CT molecular complexity index is 665. The van der Waals surface area contributed by atoms with E-state index in [0.717, 1.165) is 40.9 Å². The van der Waals surface area contributed by atoms with Crippen molar-refractivity contribution in [1.82, 2.24) is 0 Å². The Balaban J connectivity index is 1.89. The Morgan fingerprint density at radius 1 is 1.17 bits per heavy atom. The minimum Gasteiger partial charge on any atom is -0.494 e. The molecule has 0 saturated heterocycles. The molecule has 0 saturated carbocycles. The van der Waals surface area contributed by atoms with Crippen LogP contribution in [0, 0.1) is 0 Å². The summed E-state index contributed by atoms with van der Waals surface area (Å²) >= 11 is 3.40. The average molecular weight is 374 g/mol. The van der Waals surface area contributed by atoms with E-state index in [2.05, 4.69) is 28.2 Å². The molecule has 0 aliphatic heterocycles. The number of hydrogen-bond donors (Lipinski definition) is 1. The number of amides is 1. The van der Waals surface area contributed by atoms with E-state index < -0.39 is 0 Å². The summed E-state index contributed by atoms with van der Waals surface area (Å²) < 4.78 is 6.47. The van der Waals surface area contributed by atoms with E-state index >= 15 is 0 Å². The second-order valence-corrected chi connectivity index (χ2v) is 5.93. The van der Waals surface area contributed by atoms with Gasteiger partial charge in [0.05, 0.1) is 12.3 Å². The fourth-order valence-electron chi connectivity index (χ4n) is 1.92. The molecule has 0 bridgehead atoms. The van der Waals surface area contributed by atoms with Crippen LogP contribution in [0.15, 0.2) is 59.1 Å². The Labute approximate surface area is 145 Å². The maximum Gasteiger partial charge on any atom is 0.248 e. The largest absolute Gasteiger partial charge is 0.494 e. The van der Waals surface area contributed by atoms with Gasteiger partial charge in [0.15, 0.2) is 0 Å². The van der Waals surface area contributed by atoms with Crippen LogP contribution < -0.4 is 10.1 Å². The van der Waals surface area contributed by atoms with Crippen LogP contribution >= 0.6 is 15.9 Å². The van der Waals surface area contributed by atoms with Gasteiger partial charge in [-0.15, -0.1) is 0 Å². The maximum atomic E-state index is 11.9. The van der Waals surface area contributed by atoms with E-state index in [1.807, 2.05) is 48.5 Å². The first-order valence-corrected chi connectivity index (χ1v) is 8.45. The van der Waals surface area contributed by atoms with Crippen LogP contribution in [0.5, 0.6) is 5.75 Å². The van der Waals surface area contributed by atoms with Crippen molar-refractivity contribution in [3.63, 3.8) is 0 Å². The standard InChI is InChI=1S/C19H20BrNO2/c1-2-3-14-23-16-11-8-15(9-12-16)10-13-19(22)21-18-7-5-4-6-17(18)20/h4-13H,2-3,14H2,1H3,(H,21,22). The molecule has 0 radical (unpaired) electrons. The van der Waals surface area contributed by atoms with Gasteiger partial charge in [-0.25, -0.2) is 0 Å². The minimum absolute atomic E-state index is 0.167. The van der Waals surface area contributed by atoms with E-state index in [1.54, 1.807) is 6.08 Å². The first-order valence-electron chi connectivity index (χ1n) is 7.65. The summed E-state index contributed by atoms with van der Waals surface area (Å²) in [5.41, 5.74) is 1.71. The fraction of sp³-hybridized carbons (Fsp3) is 0.211. The summed E-state index contributed by atoms with van der Waals surface area (Å²) in [5.74, 6) is 0.688. The Hall–Kier alpha value is -2.07. The van der Waals surface area contributed by atoms with Crippen LogP contribution in [-0.4, -0.2) is 12.5 Å². The molecule has 2 aromatic rings. The second kappa shape index (κ2) is 9.16. The van der Waals surface area contributed by atoms with Crippen molar-refractivity contribution in [3.05, 3.63) is 64.6 Å². The highest BCUT2D eigenvalue weighted by Crippen LogP contribution is 2.21. The van der Waals surface area contributed by atoms with Gasteiger partial charge in [-0.2, -0.15) is 0 Å². The summed E-state index contributed by atoms with van der Waals surface area (Å²) in [7, 11) is 0. The smallest absolute Gasteiger partial charge is 0.248 e. The molecule has 0 aromatic heterocycles. The van der Waals surface area contributed by atoms with Crippen molar-refractivity contribution in [3.8, 4) is 5.75 Å². The van der Waals surface area contributed by atoms with Gasteiger partial charge >= 0.3 is 0 Å². The average Bonchev–Trinajstić information content (AvgIpc) is 2.56. The van der Waals surface area contributed by atoms with Gasteiger partial charge in [-0.3, -0.25) is 4.79 Å². The number of nitrogens with one attached hydrogen (secondary N) is 1. The maximum absolute atomic E-state index is 11.9. The highest BCUT2D eigenvalue weighted by Gasteiger charge is 2.01. The Kier molecular flexibility index (Phi) is 6.88. The number of para-hydroxylation sites is 1. The van der Waals surface area contributed by atoms with Crippen LogP contribution in [-0.2, 0) is 4.79 Å². The lowest BCUT2D eigenvalue weighted by atomic mass is 10.2. The third-order valence-electron chi connectivity index (χ3n) is 3.21. The summed E-state index contributed by atoms with van der Waals surface area (Å²) in [6.45, 7) is 2.87. The molecule has 0 aliphatic carbocycles. The van der Waals surface area contributed by atoms with E-state index in [0.29, 0.717) is 0 Å². The number of rotatable bonds is 7. The predicted molar refractivity (Wildman–Crippen MR) is 98.7 cm³/mol. The molecule has 2 rings (SSSR count). The number of hydrogen-bond acceptors (Lipinski definition) is 2. The molecule has 120 valence electrons. The SMILES string of the molecule is CCCCOc1ccc(C=CC(=O)Nc2ccccc2Br)cc1. The van der Waals surface area contributed by atoms with Crippen LogP contribution in [0.1, 0.15) is 25.3 Å². The van der Waals surface area contributed by atoms with Crippen molar-refractivity contribution in [2.45, 2.75) is 19.8 Å². The summed E-state index contributed by atoms with van der Waals surface area (Å²) in [5, 5.41) is 2.83. The molecule has 0 unspecified atom stereocenters. The third-order valence-corrected chi connectivity index (χ3v) is 3.90. The molecule has 4 heteroatoms. The first kappa shape index (κ1) is 17.3. The topological polar surface area (TPSA) is 38.3 Å². The number of carbonyl (C=O) groups is 1. The van der Waals surface area contributed by atoms with Gasteiger partial charge in [-0.05, 0) is 58.3 Å². The van der Waals surface area contributed by atoms with Crippen molar-refractivity contribution in [1.29, 1.82) is 0 Å². The highest BCUT2D eigenvalue weighted by atomic mass is 79.9. The number of benzene rings is 2. The number of anilines is 1. The monoisotopic (exact) mass is 373 g/mol. The molecule has 3 nitrogen and oxygen atoms in total. The van der Waals surface area contributed by atoms with Crippen LogP contribution in [0.3, 0.4) is 0 Å². The van der Waals surface area contributed by atoms with Gasteiger partial charge in [0, 0.05) is 10.5 Å². The summed E-state index contributed by atoms with van der Waals surface area (Å²) in [4.78, 5) is 11.9. The van der Waals surface area contributed by atoms with Gasteiger partial charge in [-0.1, -0.05) is 37.6 Å². The number of unbranched alkanes of at least 4 members (excludes halogenated alkanes) is 1. The van der Waals surface area contributed by atoms with E-state index in [4.69, 9.17) is 4.74 Å². The zero-order valence-electron chi connectivity index (χ0n) is 13.1. The molecular weight excluding hydrogens is 354 g/mol. The molecule has 0 atom stereocenters. The normalized spacial score (nSPS) is 10.7. The molecule has 0 fully saturated rings. The molecule has 23 heavy (non-hydrogen) atoms. The van der Waals surface area contributed by atoms with Crippen molar-refractivity contribution >= 4 is 33.6 Å². The fourth-order valence-corrected chi connectivity index (χ4v) is 2.30. The minimum atomic E-state index is -0.167. The molecule has 2 aromatic carbocycles. The second-order valence-electron chi connectivity index (χ2n) is 5.07. The predicted octanol–water partition coefficient (Wildman–Crippen LogP) is 5.28. The molecular formula is C19H20BrNO2. The lowest BCUT2D eigenvalue weighted by Gasteiger charge is -2.05. The van der Waals surface area contributed by atoms with Crippen molar-refractivity contribution in [2.24, 2.45) is 0 Å². The first-order chi connectivity index (χ1) is 11.2.